The average molecular weight is 379 g/mol. The number of aromatic carboxylic acids is 1. The standard InChI is InChI=1S/C19H11F2N5O2/c1-25-9-12(18(21)24-25)11-3-2-4-13(20)16(11)17-14(8-22)26-6-5-10(19(27)28)7-15(26)23-17/h2-7,9H,1H3,(H,27,28). The van der Waals surface area contributed by atoms with Gasteiger partial charge >= 0.3 is 5.97 Å². The second kappa shape index (κ2) is 6.28. The van der Waals surface area contributed by atoms with E-state index >= 15 is 0 Å². The van der Waals surface area contributed by atoms with Crippen molar-refractivity contribution < 1.29 is 18.7 Å². The lowest BCUT2D eigenvalue weighted by molar-refractivity contribution is 0.0697. The zero-order valence-corrected chi connectivity index (χ0v) is 14.4. The van der Waals surface area contributed by atoms with E-state index in [1.165, 1.54) is 58.9 Å². The van der Waals surface area contributed by atoms with Crippen LogP contribution in [0.4, 0.5) is 8.78 Å². The normalized spacial score (nSPS) is 10.9. The van der Waals surface area contributed by atoms with Crippen molar-refractivity contribution in [1.29, 1.82) is 5.26 Å². The minimum atomic E-state index is -1.16. The Hall–Kier alpha value is -4.06. The number of pyridine rings is 1. The molecule has 3 aromatic heterocycles. The van der Waals surface area contributed by atoms with Crippen LogP contribution in [0.2, 0.25) is 0 Å². The summed E-state index contributed by atoms with van der Waals surface area (Å²) in [6.07, 6.45) is 2.77. The molecule has 1 aromatic carbocycles. The number of imidazole rings is 1. The maximum atomic E-state index is 14.8. The number of nitriles is 1. The third kappa shape index (κ3) is 2.59. The number of rotatable bonds is 3. The van der Waals surface area contributed by atoms with E-state index in [9.17, 15) is 18.8 Å². The van der Waals surface area contributed by atoms with E-state index in [-0.39, 0.29) is 39.3 Å². The SMILES string of the molecule is Cn1cc(-c2cccc(F)c2-c2nc3cc(C(=O)O)ccn3c2C#N)c(F)n1. The second-order valence-electron chi connectivity index (χ2n) is 6.04. The van der Waals surface area contributed by atoms with Gasteiger partial charge in [-0.05, 0) is 18.2 Å². The summed E-state index contributed by atoms with van der Waals surface area (Å²) in [6.45, 7) is 0. The van der Waals surface area contributed by atoms with Gasteiger partial charge in [0, 0.05) is 30.6 Å². The molecule has 0 aliphatic rings. The number of carboxylic acid groups (broad SMARTS) is 1. The number of nitrogens with zero attached hydrogens (tertiary/aromatic N) is 5. The van der Waals surface area contributed by atoms with E-state index < -0.39 is 17.7 Å². The maximum Gasteiger partial charge on any atom is 0.335 e. The number of halogens is 2. The molecule has 0 bridgehead atoms. The van der Waals surface area contributed by atoms with Crippen LogP contribution in [0.3, 0.4) is 0 Å². The highest BCUT2D eigenvalue weighted by Gasteiger charge is 2.24. The Labute approximate surface area is 156 Å². The van der Waals surface area contributed by atoms with Crippen LogP contribution in [0.5, 0.6) is 0 Å². The zero-order chi connectivity index (χ0) is 20.0. The molecule has 4 aromatic rings. The van der Waals surface area contributed by atoms with Crippen molar-refractivity contribution in [2.45, 2.75) is 0 Å². The van der Waals surface area contributed by atoms with Crippen molar-refractivity contribution in [3.63, 3.8) is 0 Å². The van der Waals surface area contributed by atoms with Gasteiger partial charge in [-0.2, -0.15) is 9.65 Å². The van der Waals surface area contributed by atoms with E-state index in [0.29, 0.717) is 0 Å². The van der Waals surface area contributed by atoms with Gasteiger partial charge in [0.15, 0.2) is 5.69 Å². The summed E-state index contributed by atoms with van der Waals surface area (Å²) < 4.78 is 31.7. The van der Waals surface area contributed by atoms with Gasteiger partial charge in [0.2, 0.25) is 5.95 Å². The molecule has 0 spiro atoms. The summed E-state index contributed by atoms with van der Waals surface area (Å²) in [5.74, 6) is -2.64. The largest absolute Gasteiger partial charge is 0.478 e. The molecule has 0 saturated carbocycles. The van der Waals surface area contributed by atoms with Crippen molar-refractivity contribution >= 4 is 11.6 Å². The first kappa shape index (κ1) is 17.4. The molecule has 4 rings (SSSR count). The molecule has 3 heterocycles. The predicted octanol–water partition coefficient (Wildman–Crippen LogP) is 3.25. The summed E-state index contributed by atoms with van der Waals surface area (Å²) in [4.78, 5) is 15.5. The van der Waals surface area contributed by atoms with Crippen molar-refractivity contribution in [3.05, 3.63) is 65.7 Å². The molecule has 0 unspecified atom stereocenters. The Balaban J connectivity index is 2.05. The van der Waals surface area contributed by atoms with Crippen LogP contribution in [0.1, 0.15) is 16.1 Å². The Bertz CT molecular complexity index is 1300. The third-order valence-electron chi connectivity index (χ3n) is 4.30. The summed E-state index contributed by atoms with van der Waals surface area (Å²) in [6, 6.07) is 8.66. The number of aryl methyl sites for hydroxylation is 1. The second-order valence-corrected chi connectivity index (χ2v) is 6.04. The molecule has 0 amide bonds. The number of benzene rings is 1. The molecule has 7 nitrogen and oxygen atoms in total. The third-order valence-corrected chi connectivity index (χ3v) is 4.30. The molecule has 0 aliphatic carbocycles. The number of carboxylic acids is 1. The molecule has 0 aliphatic heterocycles. The van der Waals surface area contributed by atoms with Crippen LogP contribution in [-0.2, 0) is 7.05 Å². The molecule has 9 heteroatoms. The highest BCUT2D eigenvalue weighted by Crippen LogP contribution is 2.36. The van der Waals surface area contributed by atoms with E-state index in [2.05, 4.69) is 10.1 Å². The lowest BCUT2D eigenvalue weighted by atomic mass is 9.98. The summed E-state index contributed by atoms with van der Waals surface area (Å²) >= 11 is 0. The van der Waals surface area contributed by atoms with Crippen LogP contribution in [0.25, 0.3) is 28.0 Å². The Morgan fingerprint density at radius 2 is 2.04 bits per heavy atom. The quantitative estimate of drug-likeness (QED) is 0.589. The lowest BCUT2D eigenvalue weighted by Gasteiger charge is -2.07. The lowest BCUT2D eigenvalue weighted by Crippen LogP contribution is -1.98. The molecule has 0 saturated heterocycles. The fraction of sp³-hybridized carbons (Fsp3) is 0.0526. The number of hydrogen-bond acceptors (Lipinski definition) is 4. The van der Waals surface area contributed by atoms with E-state index in [0.717, 1.165) is 0 Å². The van der Waals surface area contributed by atoms with Gasteiger partial charge in [0.1, 0.15) is 23.2 Å². The van der Waals surface area contributed by atoms with Crippen LogP contribution in [0.15, 0.2) is 42.7 Å². The first-order chi connectivity index (χ1) is 13.4. The Kier molecular flexibility index (Phi) is 3.89. The smallest absolute Gasteiger partial charge is 0.335 e. The summed E-state index contributed by atoms with van der Waals surface area (Å²) in [5.41, 5.74) is 0.302. The van der Waals surface area contributed by atoms with Crippen molar-refractivity contribution in [1.82, 2.24) is 19.2 Å². The van der Waals surface area contributed by atoms with Crippen LogP contribution < -0.4 is 0 Å². The van der Waals surface area contributed by atoms with Gasteiger partial charge < -0.3 is 5.11 Å². The molecule has 1 N–H and O–H groups in total. The van der Waals surface area contributed by atoms with Crippen molar-refractivity contribution in [3.8, 4) is 28.5 Å². The minimum absolute atomic E-state index is 0.00240. The predicted molar refractivity (Wildman–Crippen MR) is 94.4 cm³/mol. The molecule has 0 radical (unpaired) electrons. The monoisotopic (exact) mass is 379 g/mol. The molecular formula is C19H11F2N5O2. The fourth-order valence-corrected chi connectivity index (χ4v) is 3.09. The molecule has 138 valence electrons. The molecule has 0 atom stereocenters. The van der Waals surface area contributed by atoms with Gasteiger partial charge in [-0.3, -0.25) is 9.08 Å². The highest BCUT2D eigenvalue weighted by molar-refractivity contribution is 5.90. The molecule has 28 heavy (non-hydrogen) atoms. The number of fused-ring (bicyclic) bond motifs is 1. The maximum absolute atomic E-state index is 14.8. The Morgan fingerprint density at radius 3 is 2.68 bits per heavy atom. The summed E-state index contributed by atoms with van der Waals surface area (Å²) in [5, 5.41) is 22.4. The number of aromatic nitrogens is 4. The topological polar surface area (TPSA) is 96.2 Å². The van der Waals surface area contributed by atoms with Crippen LogP contribution in [-0.4, -0.2) is 30.2 Å². The first-order valence-electron chi connectivity index (χ1n) is 8.04. The van der Waals surface area contributed by atoms with Gasteiger partial charge in [-0.25, -0.2) is 14.2 Å². The van der Waals surface area contributed by atoms with E-state index in [4.69, 9.17) is 5.11 Å². The number of carbonyl (C=O) groups is 1. The van der Waals surface area contributed by atoms with Gasteiger partial charge in [-0.15, -0.1) is 5.10 Å². The Morgan fingerprint density at radius 1 is 1.25 bits per heavy atom. The summed E-state index contributed by atoms with van der Waals surface area (Å²) in [7, 11) is 1.53. The van der Waals surface area contributed by atoms with Gasteiger partial charge in [0.05, 0.1) is 11.1 Å². The highest BCUT2D eigenvalue weighted by atomic mass is 19.1. The van der Waals surface area contributed by atoms with E-state index in [1.807, 2.05) is 6.07 Å². The van der Waals surface area contributed by atoms with Crippen molar-refractivity contribution in [2.75, 3.05) is 0 Å². The van der Waals surface area contributed by atoms with Crippen molar-refractivity contribution in [2.24, 2.45) is 7.05 Å². The minimum Gasteiger partial charge on any atom is -0.478 e. The zero-order valence-electron chi connectivity index (χ0n) is 14.4. The molecular weight excluding hydrogens is 368 g/mol. The first-order valence-corrected chi connectivity index (χ1v) is 8.04. The average Bonchev–Trinajstić information content (AvgIpc) is 3.19. The number of hydrogen-bond donors (Lipinski definition) is 1. The van der Waals surface area contributed by atoms with E-state index in [1.54, 1.807) is 0 Å². The van der Waals surface area contributed by atoms with Gasteiger partial charge in [-0.1, -0.05) is 12.1 Å². The molecule has 0 fully saturated rings. The van der Waals surface area contributed by atoms with Crippen LogP contribution >= 0.6 is 0 Å². The van der Waals surface area contributed by atoms with Crippen LogP contribution in [0, 0.1) is 23.1 Å². The fourth-order valence-electron chi connectivity index (χ4n) is 3.09. The van der Waals surface area contributed by atoms with Gasteiger partial charge in [0.25, 0.3) is 0 Å².